The minimum atomic E-state index is -0.327. The minimum Gasteiger partial charge on any atom is -0.344 e. The number of amides is 1. The third kappa shape index (κ3) is 3.14. The summed E-state index contributed by atoms with van der Waals surface area (Å²) >= 11 is 1.33. The molecule has 0 aliphatic rings. The summed E-state index contributed by atoms with van der Waals surface area (Å²) in [7, 11) is 1.68. The maximum Gasteiger partial charge on any atom is 0.273 e. The summed E-state index contributed by atoms with van der Waals surface area (Å²) in [6.45, 7) is 0.244. The Morgan fingerprint density at radius 2 is 2.05 bits per heavy atom. The number of rotatable bonds is 4. The van der Waals surface area contributed by atoms with Gasteiger partial charge in [0, 0.05) is 12.6 Å². The summed E-state index contributed by atoms with van der Waals surface area (Å²) in [5.74, 6) is -0.628. The zero-order valence-electron chi connectivity index (χ0n) is 11.5. The van der Waals surface area contributed by atoms with Gasteiger partial charge in [0.25, 0.3) is 5.91 Å². The van der Waals surface area contributed by atoms with Crippen molar-refractivity contribution in [1.82, 2.24) is 30.5 Å². The van der Waals surface area contributed by atoms with Gasteiger partial charge in [-0.1, -0.05) is 16.6 Å². The molecule has 9 heteroatoms. The van der Waals surface area contributed by atoms with Crippen LogP contribution >= 0.6 is 11.3 Å². The normalized spacial score (nSPS) is 10.6. The molecule has 2 aromatic heterocycles. The zero-order chi connectivity index (χ0) is 15.5. The fraction of sp³-hybridized carbons (Fsp3) is 0.154. The number of carbonyl (C=O) groups is 1. The number of carbonyl (C=O) groups excluding carboxylic acids is 1. The van der Waals surface area contributed by atoms with Crippen molar-refractivity contribution in [2.75, 3.05) is 0 Å². The summed E-state index contributed by atoms with van der Waals surface area (Å²) < 4.78 is 14.3. The summed E-state index contributed by atoms with van der Waals surface area (Å²) in [5, 5.41) is 19.5. The molecular weight excluding hydrogens is 307 g/mol. The summed E-state index contributed by atoms with van der Waals surface area (Å²) in [5.41, 5.74) is 1.02. The summed E-state index contributed by atoms with van der Waals surface area (Å²) in [6.07, 6.45) is 1.53. The van der Waals surface area contributed by atoms with E-state index in [2.05, 4.69) is 25.8 Å². The van der Waals surface area contributed by atoms with Gasteiger partial charge in [0.1, 0.15) is 15.8 Å². The molecule has 3 rings (SSSR count). The summed E-state index contributed by atoms with van der Waals surface area (Å²) in [4.78, 5) is 11.8. The van der Waals surface area contributed by atoms with Gasteiger partial charge in [0.05, 0.1) is 12.7 Å². The second-order valence-corrected chi connectivity index (χ2v) is 5.53. The number of hydrogen-bond donors (Lipinski definition) is 1. The van der Waals surface area contributed by atoms with E-state index in [1.807, 2.05) is 0 Å². The Morgan fingerprint density at radius 3 is 2.73 bits per heavy atom. The van der Waals surface area contributed by atoms with Gasteiger partial charge in [-0.2, -0.15) is 0 Å². The van der Waals surface area contributed by atoms with E-state index in [-0.39, 0.29) is 24.0 Å². The first-order chi connectivity index (χ1) is 10.6. The van der Waals surface area contributed by atoms with Crippen LogP contribution in [0, 0.1) is 5.82 Å². The molecule has 1 N–H and O–H groups in total. The van der Waals surface area contributed by atoms with Crippen LogP contribution in [0.25, 0.3) is 10.6 Å². The van der Waals surface area contributed by atoms with Crippen LogP contribution in [-0.4, -0.2) is 31.1 Å². The first-order valence-corrected chi connectivity index (χ1v) is 7.16. The average molecular weight is 318 g/mol. The molecule has 0 spiro atoms. The SMILES string of the molecule is Cn1cc(C(=O)NCc2nnc(-c3ccc(F)cc3)s2)nn1. The van der Waals surface area contributed by atoms with Crippen LogP contribution in [0.3, 0.4) is 0 Å². The molecule has 0 radical (unpaired) electrons. The van der Waals surface area contributed by atoms with Crippen molar-refractivity contribution in [2.45, 2.75) is 6.54 Å². The van der Waals surface area contributed by atoms with E-state index >= 15 is 0 Å². The second kappa shape index (κ2) is 5.98. The van der Waals surface area contributed by atoms with Crippen molar-refractivity contribution in [2.24, 2.45) is 7.05 Å². The van der Waals surface area contributed by atoms with Gasteiger partial charge in [-0.25, -0.2) is 4.39 Å². The number of nitrogens with zero attached hydrogens (tertiary/aromatic N) is 5. The van der Waals surface area contributed by atoms with Crippen molar-refractivity contribution in [1.29, 1.82) is 0 Å². The highest BCUT2D eigenvalue weighted by Crippen LogP contribution is 2.23. The number of aromatic nitrogens is 5. The first-order valence-electron chi connectivity index (χ1n) is 6.34. The highest BCUT2D eigenvalue weighted by Gasteiger charge is 2.12. The molecule has 2 heterocycles. The second-order valence-electron chi connectivity index (χ2n) is 4.47. The molecule has 22 heavy (non-hydrogen) atoms. The van der Waals surface area contributed by atoms with Crippen molar-refractivity contribution < 1.29 is 9.18 Å². The average Bonchev–Trinajstić information content (AvgIpc) is 3.15. The van der Waals surface area contributed by atoms with Crippen molar-refractivity contribution >= 4 is 17.2 Å². The molecule has 3 aromatic rings. The highest BCUT2D eigenvalue weighted by molar-refractivity contribution is 7.14. The van der Waals surface area contributed by atoms with E-state index in [1.54, 1.807) is 19.2 Å². The van der Waals surface area contributed by atoms with Gasteiger partial charge in [0.2, 0.25) is 0 Å². The van der Waals surface area contributed by atoms with Crippen LogP contribution in [0.1, 0.15) is 15.5 Å². The van der Waals surface area contributed by atoms with Crippen molar-refractivity contribution in [3.63, 3.8) is 0 Å². The third-order valence-corrected chi connectivity index (χ3v) is 3.77. The lowest BCUT2D eigenvalue weighted by atomic mass is 10.2. The molecule has 1 aromatic carbocycles. The lowest BCUT2D eigenvalue weighted by Crippen LogP contribution is -2.23. The van der Waals surface area contributed by atoms with Gasteiger partial charge in [-0.05, 0) is 24.3 Å². The molecule has 7 nitrogen and oxygen atoms in total. The number of nitrogens with one attached hydrogen (secondary N) is 1. The van der Waals surface area contributed by atoms with E-state index in [0.717, 1.165) is 5.56 Å². The topological polar surface area (TPSA) is 85.6 Å². The molecule has 1 amide bonds. The van der Waals surface area contributed by atoms with E-state index in [0.29, 0.717) is 10.0 Å². The lowest BCUT2D eigenvalue weighted by molar-refractivity contribution is 0.0945. The molecule has 0 atom stereocenters. The van der Waals surface area contributed by atoms with Gasteiger partial charge in [-0.3, -0.25) is 9.48 Å². The van der Waals surface area contributed by atoms with Crippen LogP contribution in [0.5, 0.6) is 0 Å². The predicted molar refractivity (Wildman–Crippen MR) is 77.5 cm³/mol. The molecule has 0 unspecified atom stereocenters. The van der Waals surface area contributed by atoms with E-state index in [1.165, 1.54) is 34.3 Å². The van der Waals surface area contributed by atoms with Crippen LogP contribution in [0.15, 0.2) is 30.5 Å². The fourth-order valence-electron chi connectivity index (χ4n) is 1.73. The monoisotopic (exact) mass is 318 g/mol. The molecule has 0 aliphatic carbocycles. The largest absolute Gasteiger partial charge is 0.344 e. The van der Waals surface area contributed by atoms with Gasteiger partial charge >= 0.3 is 0 Å². The fourth-order valence-corrected chi connectivity index (χ4v) is 2.52. The zero-order valence-corrected chi connectivity index (χ0v) is 12.3. The number of halogens is 1. The number of benzene rings is 1. The molecule has 0 saturated carbocycles. The van der Waals surface area contributed by atoms with Crippen LogP contribution in [0.2, 0.25) is 0 Å². The molecule has 0 aliphatic heterocycles. The summed E-state index contributed by atoms with van der Waals surface area (Å²) in [6, 6.07) is 6.01. The first kappa shape index (κ1) is 14.3. The maximum atomic E-state index is 12.9. The Labute approximate surface area is 128 Å². The predicted octanol–water partition coefficient (Wildman–Crippen LogP) is 1.40. The van der Waals surface area contributed by atoms with E-state index in [9.17, 15) is 9.18 Å². The van der Waals surface area contributed by atoms with Crippen molar-refractivity contribution in [3.8, 4) is 10.6 Å². The van der Waals surface area contributed by atoms with Crippen LogP contribution in [0.4, 0.5) is 4.39 Å². The van der Waals surface area contributed by atoms with E-state index in [4.69, 9.17) is 0 Å². The Bertz CT molecular complexity index is 797. The number of hydrogen-bond acceptors (Lipinski definition) is 6. The molecule has 0 bridgehead atoms. The molecule has 0 fully saturated rings. The Balaban J connectivity index is 1.64. The Morgan fingerprint density at radius 1 is 1.27 bits per heavy atom. The van der Waals surface area contributed by atoms with Gasteiger partial charge in [-0.15, -0.1) is 15.3 Å². The molecule has 0 saturated heterocycles. The lowest BCUT2D eigenvalue weighted by Gasteiger charge is -1.98. The quantitative estimate of drug-likeness (QED) is 0.786. The number of aryl methyl sites for hydroxylation is 1. The Hall–Kier alpha value is -2.68. The smallest absolute Gasteiger partial charge is 0.273 e. The van der Waals surface area contributed by atoms with Crippen LogP contribution in [-0.2, 0) is 13.6 Å². The minimum absolute atomic E-state index is 0.241. The highest BCUT2D eigenvalue weighted by atomic mass is 32.1. The van der Waals surface area contributed by atoms with E-state index < -0.39 is 0 Å². The third-order valence-electron chi connectivity index (χ3n) is 2.79. The molecule has 112 valence electrons. The standard InChI is InChI=1S/C13H11FN6OS/c1-20-7-10(16-19-20)12(21)15-6-11-17-18-13(22-11)8-2-4-9(14)5-3-8/h2-5,7H,6H2,1H3,(H,15,21). The maximum absolute atomic E-state index is 12.9. The van der Waals surface area contributed by atoms with Crippen LogP contribution < -0.4 is 5.32 Å². The van der Waals surface area contributed by atoms with Gasteiger partial charge in [0.15, 0.2) is 5.69 Å². The van der Waals surface area contributed by atoms with Crippen molar-refractivity contribution in [3.05, 3.63) is 47.0 Å². The molecular formula is C13H11FN6OS. The Kier molecular flexibility index (Phi) is 3.88. The van der Waals surface area contributed by atoms with Gasteiger partial charge < -0.3 is 5.32 Å².